The zero-order valence-electron chi connectivity index (χ0n) is 8.93. The zero-order chi connectivity index (χ0) is 15.7. The normalized spacial score (nSPS) is 16.6. The van der Waals surface area contributed by atoms with Crippen molar-refractivity contribution in [2.75, 3.05) is 6.61 Å². The van der Waals surface area contributed by atoms with Crippen molar-refractivity contribution in [2.24, 2.45) is 0 Å². The molecule has 0 spiro atoms. The summed E-state index contributed by atoms with van der Waals surface area (Å²) >= 11 is 1.16. The van der Waals surface area contributed by atoms with Gasteiger partial charge in [-0.3, -0.25) is 0 Å². The van der Waals surface area contributed by atoms with Crippen molar-refractivity contribution in [3.8, 4) is 0 Å². The SMILES string of the molecule is OCC[C@H](I)CC(F)(F)C(F)(F)C(F)(F)C(F)(F)F. The van der Waals surface area contributed by atoms with E-state index in [4.69, 9.17) is 5.11 Å². The largest absolute Gasteiger partial charge is 0.460 e. The van der Waals surface area contributed by atoms with Crippen molar-refractivity contribution in [2.45, 2.75) is 40.7 Å². The van der Waals surface area contributed by atoms with E-state index in [0.29, 0.717) is 0 Å². The Kier molecular flexibility index (Phi) is 5.84. The van der Waals surface area contributed by atoms with Crippen molar-refractivity contribution in [1.82, 2.24) is 0 Å². The number of halogens is 10. The first-order chi connectivity index (χ1) is 8.20. The highest BCUT2D eigenvalue weighted by Gasteiger charge is 2.81. The molecule has 0 rings (SSSR count). The zero-order valence-corrected chi connectivity index (χ0v) is 11.1. The predicted octanol–water partition coefficient (Wildman–Crippen LogP) is 4.03. The first-order valence-electron chi connectivity index (χ1n) is 4.66. The van der Waals surface area contributed by atoms with E-state index in [2.05, 4.69) is 0 Å². The number of alkyl halides is 10. The lowest BCUT2D eigenvalue weighted by Crippen LogP contribution is -2.61. The second-order valence-electron chi connectivity index (χ2n) is 3.66. The third kappa shape index (κ3) is 3.79. The van der Waals surface area contributed by atoms with Crippen molar-refractivity contribution in [3.05, 3.63) is 0 Å². The Balaban J connectivity index is 5.27. The summed E-state index contributed by atoms with van der Waals surface area (Å²) < 4.78 is 110. The highest BCUT2D eigenvalue weighted by atomic mass is 127. The van der Waals surface area contributed by atoms with Crippen LogP contribution in [0.25, 0.3) is 0 Å². The molecule has 11 heteroatoms. The van der Waals surface area contributed by atoms with Gasteiger partial charge in [-0.25, -0.2) is 0 Å². The van der Waals surface area contributed by atoms with E-state index < -0.39 is 47.3 Å². The van der Waals surface area contributed by atoms with Crippen molar-refractivity contribution >= 4 is 22.6 Å². The topological polar surface area (TPSA) is 20.2 Å². The summed E-state index contributed by atoms with van der Waals surface area (Å²) in [4.78, 5) is 0. The Morgan fingerprint density at radius 2 is 1.26 bits per heavy atom. The molecular formula is C8H8F9IO. The molecule has 1 atom stereocenters. The first kappa shape index (κ1) is 19.1. The van der Waals surface area contributed by atoms with Crippen LogP contribution in [0.1, 0.15) is 12.8 Å². The molecule has 116 valence electrons. The van der Waals surface area contributed by atoms with E-state index in [1.165, 1.54) is 0 Å². The predicted molar refractivity (Wildman–Crippen MR) is 55.0 cm³/mol. The number of hydrogen-bond acceptors (Lipinski definition) is 1. The van der Waals surface area contributed by atoms with Crippen LogP contribution in [0.5, 0.6) is 0 Å². The second kappa shape index (κ2) is 5.82. The Morgan fingerprint density at radius 1 is 0.842 bits per heavy atom. The van der Waals surface area contributed by atoms with E-state index in [-0.39, 0.29) is 0 Å². The molecule has 0 aromatic carbocycles. The van der Waals surface area contributed by atoms with E-state index in [1.54, 1.807) is 0 Å². The second-order valence-corrected chi connectivity index (χ2v) is 5.43. The first-order valence-corrected chi connectivity index (χ1v) is 5.90. The minimum Gasteiger partial charge on any atom is -0.396 e. The maximum absolute atomic E-state index is 13.0. The number of aliphatic hydroxyl groups is 1. The molecule has 0 aliphatic carbocycles. The van der Waals surface area contributed by atoms with Gasteiger partial charge in [-0.15, -0.1) is 0 Å². The molecule has 0 aromatic heterocycles. The average Bonchev–Trinajstić information content (AvgIpc) is 2.14. The minimum atomic E-state index is -6.85. The maximum atomic E-state index is 13.0. The molecule has 0 aliphatic heterocycles. The van der Waals surface area contributed by atoms with Crippen LogP contribution < -0.4 is 0 Å². The van der Waals surface area contributed by atoms with Gasteiger partial charge in [0, 0.05) is 17.0 Å². The fraction of sp³-hybridized carbons (Fsp3) is 1.00. The summed E-state index contributed by atoms with van der Waals surface area (Å²) in [6, 6.07) is 0. The number of rotatable bonds is 6. The van der Waals surface area contributed by atoms with Crippen LogP contribution in [0.4, 0.5) is 39.5 Å². The molecule has 0 radical (unpaired) electrons. The quantitative estimate of drug-likeness (QED) is 0.393. The molecule has 0 bridgehead atoms. The Hall–Kier alpha value is 0.0600. The van der Waals surface area contributed by atoms with Crippen LogP contribution in [0.3, 0.4) is 0 Å². The van der Waals surface area contributed by atoms with E-state index >= 15 is 0 Å². The molecule has 0 aliphatic rings. The molecule has 0 fully saturated rings. The maximum Gasteiger partial charge on any atom is 0.460 e. The summed E-state index contributed by atoms with van der Waals surface area (Å²) in [5.41, 5.74) is 0. The third-order valence-corrected chi connectivity index (χ3v) is 3.19. The van der Waals surface area contributed by atoms with Gasteiger partial charge in [0.1, 0.15) is 0 Å². The Labute approximate surface area is 115 Å². The molecule has 0 unspecified atom stereocenters. The fourth-order valence-electron chi connectivity index (χ4n) is 1.06. The van der Waals surface area contributed by atoms with Gasteiger partial charge in [0.25, 0.3) is 0 Å². The van der Waals surface area contributed by atoms with Crippen molar-refractivity contribution < 1.29 is 44.6 Å². The van der Waals surface area contributed by atoms with Gasteiger partial charge in [-0.1, -0.05) is 22.6 Å². The highest BCUT2D eigenvalue weighted by molar-refractivity contribution is 14.1. The monoisotopic (exact) mass is 418 g/mol. The molecule has 0 amide bonds. The lowest BCUT2D eigenvalue weighted by atomic mass is 9.99. The van der Waals surface area contributed by atoms with Gasteiger partial charge in [-0.05, 0) is 6.42 Å². The van der Waals surface area contributed by atoms with Crippen LogP contribution in [-0.4, -0.2) is 39.6 Å². The molecule has 0 saturated heterocycles. The molecule has 0 saturated carbocycles. The Morgan fingerprint density at radius 3 is 1.58 bits per heavy atom. The van der Waals surface area contributed by atoms with Gasteiger partial charge in [0.05, 0.1) is 0 Å². The van der Waals surface area contributed by atoms with E-state index in [9.17, 15) is 39.5 Å². The lowest BCUT2D eigenvalue weighted by Gasteiger charge is -2.34. The molecular weight excluding hydrogens is 410 g/mol. The van der Waals surface area contributed by atoms with Crippen molar-refractivity contribution in [1.29, 1.82) is 0 Å². The minimum absolute atomic E-state index is 0.441. The number of hydrogen-bond donors (Lipinski definition) is 1. The average molecular weight is 418 g/mol. The van der Waals surface area contributed by atoms with Crippen LogP contribution in [-0.2, 0) is 0 Å². The van der Waals surface area contributed by atoms with Crippen LogP contribution in [0, 0.1) is 0 Å². The molecule has 19 heavy (non-hydrogen) atoms. The van der Waals surface area contributed by atoms with Gasteiger partial charge >= 0.3 is 23.9 Å². The lowest BCUT2D eigenvalue weighted by molar-refractivity contribution is -0.396. The van der Waals surface area contributed by atoms with Gasteiger partial charge in [0.15, 0.2) is 0 Å². The molecule has 0 heterocycles. The third-order valence-electron chi connectivity index (χ3n) is 2.13. The van der Waals surface area contributed by atoms with Crippen LogP contribution in [0.15, 0.2) is 0 Å². The van der Waals surface area contributed by atoms with Crippen molar-refractivity contribution in [3.63, 3.8) is 0 Å². The summed E-state index contributed by atoms with van der Waals surface area (Å²) in [5.74, 6) is -19.0. The van der Waals surface area contributed by atoms with Gasteiger partial charge in [0.2, 0.25) is 0 Å². The summed E-state index contributed by atoms with van der Waals surface area (Å²) in [6.45, 7) is -0.690. The molecule has 0 aromatic rings. The van der Waals surface area contributed by atoms with E-state index in [1.807, 2.05) is 0 Å². The summed E-state index contributed by atoms with van der Waals surface area (Å²) in [6.07, 6.45) is -9.14. The standard InChI is InChI=1S/C8H8F9IO/c9-5(10,3-4(18)1-2-19)6(11,12)7(13,14)8(15,16)17/h4,19H,1-3H2/t4-/m0/s1. The van der Waals surface area contributed by atoms with Crippen LogP contribution in [0.2, 0.25) is 0 Å². The summed E-state index contributed by atoms with van der Waals surface area (Å²) in [5, 5.41) is 8.36. The van der Waals surface area contributed by atoms with E-state index in [0.717, 1.165) is 22.6 Å². The fourth-order valence-corrected chi connectivity index (χ4v) is 1.89. The Bertz CT molecular complexity index is 301. The molecule has 1 nitrogen and oxygen atoms in total. The smallest absolute Gasteiger partial charge is 0.396 e. The molecule has 1 N–H and O–H groups in total. The summed E-state index contributed by atoms with van der Waals surface area (Å²) in [7, 11) is 0. The van der Waals surface area contributed by atoms with Gasteiger partial charge in [-0.2, -0.15) is 39.5 Å². The number of aliphatic hydroxyl groups excluding tert-OH is 1. The van der Waals surface area contributed by atoms with Crippen LogP contribution >= 0.6 is 22.6 Å². The highest BCUT2D eigenvalue weighted by Crippen LogP contribution is 2.54. The van der Waals surface area contributed by atoms with Gasteiger partial charge < -0.3 is 5.11 Å².